The van der Waals surface area contributed by atoms with Gasteiger partial charge in [-0.15, -0.1) is 11.3 Å². The van der Waals surface area contributed by atoms with Crippen molar-refractivity contribution in [3.05, 3.63) is 34.5 Å². The highest BCUT2D eigenvalue weighted by molar-refractivity contribution is 7.21. The first-order valence-electron chi connectivity index (χ1n) is 7.23. The number of carboxylic acids is 1. The fourth-order valence-electron chi connectivity index (χ4n) is 2.91. The van der Waals surface area contributed by atoms with E-state index >= 15 is 0 Å². The minimum absolute atomic E-state index is 0.137. The Morgan fingerprint density at radius 1 is 1.48 bits per heavy atom. The third kappa shape index (κ3) is 2.82. The van der Waals surface area contributed by atoms with Gasteiger partial charge in [-0.05, 0) is 18.6 Å². The molecule has 0 aliphatic carbocycles. The summed E-state index contributed by atoms with van der Waals surface area (Å²) < 4.78 is 20.0. The maximum Gasteiger partial charge on any atom is 0.308 e. The first-order valence-corrected chi connectivity index (χ1v) is 8.05. The molecule has 7 heteroatoms. The maximum atomic E-state index is 14.1. The van der Waals surface area contributed by atoms with Crippen molar-refractivity contribution in [1.82, 2.24) is 4.90 Å². The first-order chi connectivity index (χ1) is 11.0. The molecule has 1 aliphatic rings. The predicted octanol–water partition coefficient (Wildman–Crippen LogP) is 2.73. The molecule has 23 heavy (non-hydrogen) atoms. The van der Waals surface area contributed by atoms with Gasteiger partial charge in [0.15, 0.2) is 0 Å². The average Bonchev–Trinajstić information content (AvgIpc) is 3.13. The number of ether oxygens (including phenoxy) is 1. The highest BCUT2D eigenvalue weighted by Gasteiger charge is 2.33. The van der Waals surface area contributed by atoms with Gasteiger partial charge < -0.3 is 14.7 Å². The van der Waals surface area contributed by atoms with E-state index in [1.807, 2.05) is 0 Å². The molecular formula is C16H16FNO4S. The number of carbonyl (C=O) groups excluding carboxylic acids is 1. The van der Waals surface area contributed by atoms with E-state index < -0.39 is 11.9 Å². The van der Waals surface area contributed by atoms with Crippen LogP contribution in [0.3, 0.4) is 0 Å². The molecule has 1 unspecified atom stereocenters. The predicted molar refractivity (Wildman–Crippen MR) is 84.1 cm³/mol. The van der Waals surface area contributed by atoms with Crippen LogP contribution in [-0.2, 0) is 16.1 Å². The molecule has 0 radical (unpaired) electrons. The van der Waals surface area contributed by atoms with Crippen molar-refractivity contribution in [1.29, 1.82) is 0 Å². The summed E-state index contributed by atoms with van der Waals surface area (Å²) in [4.78, 5) is 25.8. The second-order valence-corrected chi connectivity index (χ2v) is 6.58. The number of carbonyl (C=O) groups is 2. The summed E-state index contributed by atoms with van der Waals surface area (Å²) in [6.45, 7) is 0.731. The quantitative estimate of drug-likeness (QED) is 0.931. The van der Waals surface area contributed by atoms with E-state index in [9.17, 15) is 14.0 Å². The molecular weight excluding hydrogens is 321 g/mol. The van der Waals surface area contributed by atoms with E-state index in [-0.39, 0.29) is 24.9 Å². The standard InChI is InChI=1S/C16H16FNO4S/c1-22-8-10-13-11(17)3-2-4-12(13)23-14(10)15(19)18-6-5-9(7-18)16(20)21/h2-4,9H,5-8H2,1H3,(H,20,21). The van der Waals surface area contributed by atoms with Crippen LogP contribution in [0.15, 0.2) is 18.2 Å². The molecule has 1 aromatic carbocycles. The highest BCUT2D eigenvalue weighted by Crippen LogP contribution is 2.35. The molecule has 1 saturated heterocycles. The topological polar surface area (TPSA) is 66.8 Å². The van der Waals surface area contributed by atoms with Crippen LogP contribution in [0.25, 0.3) is 10.1 Å². The summed E-state index contributed by atoms with van der Waals surface area (Å²) in [5.74, 6) is -2.05. The maximum absolute atomic E-state index is 14.1. The minimum Gasteiger partial charge on any atom is -0.481 e. The van der Waals surface area contributed by atoms with Gasteiger partial charge in [-0.2, -0.15) is 0 Å². The van der Waals surface area contributed by atoms with Crippen LogP contribution in [-0.4, -0.2) is 42.1 Å². The molecule has 1 fully saturated rings. The van der Waals surface area contributed by atoms with Gasteiger partial charge in [0, 0.05) is 35.8 Å². The van der Waals surface area contributed by atoms with Gasteiger partial charge in [-0.3, -0.25) is 9.59 Å². The average molecular weight is 337 g/mol. The van der Waals surface area contributed by atoms with E-state index in [1.54, 1.807) is 12.1 Å². The number of hydrogen-bond acceptors (Lipinski definition) is 4. The van der Waals surface area contributed by atoms with Crippen LogP contribution in [0, 0.1) is 11.7 Å². The summed E-state index contributed by atoms with van der Waals surface area (Å²) >= 11 is 1.22. The zero-order valence-corrected chi connectivity index (χ0v) is 13.4. The zero-order chi connectivity index (χ0) is 16.6. The molecule has 2 heterocycles. The lowest BCUT2D eigenvalue weighted by Gasteiger charge is -2.15. The molecule has 1 aliphatic heterocycles. The fourth-order valence-corrected chi connectivity index (χ4v) is 4.10. The number of fused-ring (bicyclic) bond motifs is 1. The number of aliphatic carboxylic acids is 1. The lowest BCUT2D eigenvalue weighted by atomic mass is 10.1. The van der Waals surface area contributed by atoms with Crippen molar-refractivity contribution >= 4 is 33.3 Å². The Balaban J connectivity index is 1.99. The third-order valence-electron chi connectivity index (χ3n) is 4.07. The molecule has 122 valence electrons. The van der Waals surface area contributed by atoms with E-state index in [4.69, 9.17) is 9.84 Å². The Morgan fingerprint density at radius 2 is 2.26 bits per heavy atom. The normalized spacial score (nSPS) is 17.8. The van der Waals surface area contributed by atoms with E-state index in [1.165, 1.54) is 29.4 Å². The molecule has 5 nitrogen and oxygen atoms in total. The van der Waals surface area contributed by atoms with Gasteiger partial charge in [-0.25, -0.2) is 4.39 Å². The van der Waals surface area contributed by atoms with Crippen LogP contribution in [0.1, 0.15) is 21.7 Å². The molecule has 1 N–H and O–H groups in total. The van der Waals surface area contributed by atoms with Gasteiger partial charge in [0.25, 0.3) is 5.91 Å². The van der Waals surface area contributed by atoms with Crippen LogP contribution < -0.4 is 0 Å². The van der Waals surface area contributed by atoms with Crippen molar-refractivity contribution < 1.29 is 23.8 Å². The lowest BCUT2D eigenvalue weighted by Crippen LogP contribution is -2.30. The summed E-state index contributed by atoms with van der Waals surface area (Å²) in [7, 11) is 1.49. The number of methoxy groups -OCH3 is 1. The third-order valence-corrected chi connectivity index (χ3v) is 5.26. The van der Waals surface area contributed by atoms with E-state index in [2.05, 4.69) is 0 Å². The number of likely N-dealkylation sites (tertiary alicyclic amines) is 1. The molecule has 0 spiro atoms. The van der Waals surface area contributed by atoms with Crippen molar-refractivity contribution in [2.45, 2.75) is 13.0 Å². The SMILES string of the molecule is COCc1c(C(=O)N2CCC(C(=O)O)C2)sc2cccc(F)c12. The first kappa shape index (κ1) is 15.9. The number of nitrogens with zero attached hydrogens (tertiary/aromatic N) is 1. The number of amides is 1. The monoisotopic (exact) mass is 337 g/mol. The molecule has 3 rings (SSSR count). The molecule has 1 aromatic heterocycles. The number of rotatable bonds is 4. The van der Waals surface area contributed by atoms with E-state index in [0.717, 1.165) is 0 Å². The summed E-state index contributed by atoms with van der Waals surface area (Å²) in [6.07, 6.45) is 0.444. The second-order valence-electron chi connectivity index (χ2n) is 5.53. The fraction of sp³-hybridized carbons (Fsp3) is 0.375. The van der Waals surface area contributed by atoms with Crippen LogP contribution in [0.2, 0.25) is 0 Å². The number of carboxylic acid groups (broad SMARTS) is 1. The summed E-state index contributed by atoms with van der Waals surface area (Å²) in [5.41, 5.74) is 0.536. The molecule has 1 amide bonds. The van der Waals surface area contributed by atoms with Crippen LogP contribution in [0.5, 0.6) is 0 Å². The molecule has 0 bridgehead atoms. The smallest absolute Gasteiger partial charge is 0.308 e. The van der Waals surface area contributed by atoms with Gasteiger partial charge >= 0.3 is 5.97 Å². The van der Waals surface area contributed by atoms with Crippen molar-refractivity contribution in [2.24, 2.45) is 5.92 Å². The van der Waals surface area contributed by atoms with Gasteiger partial charge in [0.1, 0.15) is 5.82 Å². The van der Waals surface area contributed by atoms with Crippen LogP contribution >= 0.6 is 11.3 Å². The zero-order valence-electron chi connectivity index (χ0n) is 12.5. The van der Waals surface area contributed by atoms with Crippen molar-refractivity contribution in [3.63, 3.8) is 0 Å². The summed E-state index contributed by atoms with van der Waals surface area (Å²) in [6, 6.07) is 4.73. The number of benzene rings is 1. The Labute approximate surface area is 136 Å². The van der Waals surface area contributed by atoms with Crippen molar-refractivity contribution in [2.75, 3.05) is 20.2 Å². The Hall–Kier alpha value is -1.99. The number of thiophene rings is 1. The van der Waals surface area contributed by atoms with Gasteiger partial charge in [0.2, 0.25) is 0 Å². The second kappa shape index (κ2) is 6.25. The lowest BCUT2D eigenvalue weighted by molar-refractivity contribution is -0.141. The Bertz CT molecular complexity index is 773. The highest BCUT2D eigenvalue weighted by atomic mass is 32.1. The largest absolute Gasteiger partial charge is 0.481 e. The minimum atomic E-state index is -0.889. The van der Waals surface area contributed by atoms with Gasteiger partial charge in [0.05, 0.1) is 17.4 Å². The number of hydrogen-bond donors (Lipinski definition) is 1. The number of halogens is 1. The van der Waals surface area contributed by atoms with E-state index in [0.29, 0.717) is 33.5 Å². The molecule has 0 saturated carbocycles. The molecule has 1 atom stereocenters. The Morgan fingerprint density at radius 3 is 2.91 bits per heavy atom. The Kier molecular flexibility index (Phi) is 4.32. The van der Waals surface area contributed by atoms with Crippen molar-refractivity contribution in [3.8, 4) is 0 Å². The van der Waals surface area contributed by atoms with Gasteiger partial charge in [-0.1, -0.05) is 6.07 Å². The van der Waals surface area contributed by atoms with Crippen LogP contribution in [0.4, 0.5) is 4.39 Å². The summed E-state index contributed by atoms with van der Waals surface area (Å²) in [5, 5.41) is 9.48. The molecule has 2 aromatic rings.